The largest absolute Gasteiger partial charge is 0.394 e. The number of aliphatic hydroxyl groups excluding tert-OH is 1. The van der Waals surface area contributed by atoms with Gasteiger partial charge in [0.1, 0.15) is 0 Å². The molecule has 86 valence electrons. The lowest BCUT2D eigenvalue weighted by molar-refractivity contribution is -0.126. The monoisotopic (exact) mass is 220 g/mol. The van der Waals surface area contributed by atoms with Crippen molar-refractivity contribution in [2.75, 3.05) is 19.7 Å². The van der Waals surface area contributed by atoms with Crippen LogP contribution in [0.3, 0.4) is 0 Å². The molecule has 0 aliphatic carbocycles. The Bertz CT molecular complexity index is 353. The Morgan fingerprint density at radius 2 is 2.12 bits per heavy atom. The summed E-state index contributed by atoms with van der Waals surface area (Å²) in [6.07, 6.45) is 0. The number of benzene rings is 1. The van der Waals surface area contributed by atoms with Gasteiger partial charge in [-0.1, -0.05) is 30.3 Å². The number of rotatable bonds is 3. The van der Waals surface area contributed by atoms with Crippen LogP contribution in [0.15, 0.2) is 30.3 Å². The first kappa shape index (κ1) is 11.1. The summed E-state index contributed by atoms with van der Waals surface area (Å²) in [5.41, 5.74) is 1.19. The highest BCUT2D eigenvalue weighted by molar-refractivity contribution is 5.79. The van der Waals surface area contributed by atoms with E-state index in [9.17, 15) is 4.79 Å². The Balaban J connectivity index is 1.97. The second-order valence-corrected chi connectivity index (χ2v) is 4.10. The molecular weight excluding hydrogens is 204 g/mol. The van der Waals surface area contributed by atoms with Crippen LogP contribution >= 0.6 is 0 Å². The third-order valence-corrected chi connectivity index (χ3v) is 2.68. The summed E-state index contributed by atoms with van der Waals surface area (Å²) in [6, 6.07) is 9.90. The highest BCUT2D eigenvalue weighted by Crippen LogP contribution is 2.07. The molecule has 1 aliphatic rings. The summed E-state index contributed by atoms with van der Waals surface area (Å²) < 4.78 is 0. The molecule has 0 aromatic heterocycles. The van der Waals surface area contributed by atoms with Crippen LogP contribution < -0.4 is 5.32 Å². The maximum atomic E-state index is 11.4. The molecule has 1 aliphatic heterocycles. The van der Waals surface area contributed by atoms with E-state index in [0.29, 0.717) is 13.1 Å². The fraction of sp³-hybridized carbons (Fsp3) is 0.417. The second kappa shape index (κ2) is 5.09. The number of carbonyl (C=O) groups excluding carboxylic acids is 1. The SMILES string of the molecule is O=C1CN(Cc2ccccc2)CC(CO)N1. The smallest absolute Gasteiger partial charge is 0.234 e. The van der Waals surface area contributed by atoms with Gasteiger partial charge in [-0.15, -0.1) is 0 Å². The number of hydrogen-bond donors (Lipinski definition) is 2. The van der Waals surface area contributed by atoms with Crippen molar-refractivity contribution in [3.8, 4) is 0 Å². The first-order valence-corrected chi connectivity index (χ1v) is 5.44. The van der Waals surface area contributed by atoms with Crippen LogP contribution in [-0.4, -0.2) is 41.7 Å². The van der Waals surface area contributed by atoms with Crippen molar-refractivity contribution in [3.63, 3.8) is 0 Å². The molecule has 0 bridgehead atoms. The molecule has 4 nitrogen and oxygen atoms in total. The zero-order valence-corrected chi connectivity index (χ0v) is 9.10. The topological polar surface area (TPSA) is 52.6 Å². The number of hydrogen-bond acceptors (Lipinski definition) is 3. The van der Waals surface area contributed by atoms with Gasteiger partial charge in [0.25, 0.3) is 0 Å². The van der Waals surface area contributed by atoms with Crippen molar-refractivity contribution in [2.45, 2.75) is 12.6 Å². The third-order valence-electron chi connectivity index (χ3n) is 2.68. The predicted octanol–water partition coefficient (Wildman–Crippen LogP) is -0.0207. The van der Waals surface area contributed by atoms with Crippen LogP contribution in [0, 0.1) is 0 Å². The Morgan fingerprint density at radius 1 is 1.38 bits per heavy atom. The highest BCUT2D eigenvalue weighted by atomic mass is 16.3. The first-order valence-electron chi connectivity index (χ1n) is 5.44. The average Bonchev–Trinajstić information content (AvgIpc) is 2.29. The van der Waals surface area contributed by atoms with Crippen molar-refractivity contribution in [2.24, 2.45) is 0 Å². The number of carbonyl (C=O) groups is 1. The van der Waals surface area contributed by atoms with E-state index in [1.54, 1.807) is 0 Å². The van der Waals surface area contributed by atoms with Gasteiger partial charge in [0.15, 0.2) is 0 Å². The molecule has 16 heavy (non-hydrogen) atoms. The van der Waals surface area contributed by atoms with E-state index >= 15 is 0 Å². The van der Waals surface area contributed by atoms with E-state index in [4.69, 9.17) is 5.11 Å². The van der Waals surface area contributed by atoms with Crippen LogP contribution in [0.2, 0.25) is 0 Å². The minimum atomic E-state index is -0.134. The number of aliphatic hydroxyl groups is 1. The highest BCUT2D eigenvalue weighted by Gasteiger charge is 2.23. The molecule has 2 N–H and O–H groups in total. The van der Waals surface area contributed by atoms with Gasteiger partial charge in [0.05, 0.1) is 19.2 Å². The molecule has 1 aromatic rings. The summed E-state index contributed by atoms with van der Waals surface area (Å²) in [6.45, 7) is 1.87. The van der Waals surface area contributed by atoms with Gasteiger partial charge >= 0.3 is 0 Å². The zero-order valence-electron chi connectivity index (χ0n) is 9.10. The van der Waals surface area contributed by atoms with Crippen molar-refractivity contribution >= 4 is 5.91 Å². The van der Waals surface area contributed by atoms with Gasteiger partial charge in [-0.3, -0.25) is 9.69 Å². The molecular formula is C12H16N2O2. The van der Waals surface area contributed by atoms with Gasteiger partial charge < -0.3 is 10.4 Å². The van der Waals surface area contributed by atoms with E-state index < -0.39 is 0 Å². The molecule has 1 heterocycles. The van der Waals surface area contributed by atoms with Gasteiger partial charge in [0, 0.05) is 13.1 Å². The van der Waals surface area contributed by atoms with Gasteiger partial charge in [0.2, 0.25) is 5.91 Å². The molecule has 0 radical (unpaired) electrons. The van der Waals surface area contributed by atoms with Crippen molar-refractivity contribution < 1.29 is 9.90 Å². The molecule has 0 spiro atoms. The van der Waals surface area contributed by atoms with E-state index in [1.807, 2.05) is 30.3 Å². The van der Waals surface area contributed by atoms with Crippen molar-refractivity contribution in [3.05, 3.63) is 35.9 Å². The summed E-state index contributed by atoms with van der Waals surface area (Å²) in [5, 5.41) is 11.8. The predicted molar refractivity (Wildman–Crippen MR) is 60.7 cm³/mol. The van der Waals surface area contributed by atoms with Gasteiger partial charge in [-0.2, -0.15) is 0 Å². The van der Waals surface area contributed by atoms with E-state index in [-0.39, 0.29) is 18.6 Å². The standard InChI is InChI=1S/C12H16N2O2/c15-9-11-7-14(8-12(16)13-11)6-10-4-2-1-3-5-10/h1-5,11,15H,6-9H2,(H,13,16). The van der Waals surface area contributed by atoms with Crippen LogP contribution in [0.5, 0.6) is 0 Å². The molecule has 1 fully saturated rings. The number of nitrogens with zero attached hydrogens (tertiary/aromatic N) is 1. The minimum Gasteiger partial charge on any atom is -0.394 e. The zero-order chi connectivity index (χ0) is 11.4. The van der Waals surface area contributed by atoms with Crippen LogP contribution in [-0.2, 0) is 11.3 Å². The fourth-order valence-electron chi connectivity index (χ4n) is 1.96. The van der Waals surface area contributed by atoms with Gasteiger partial charge in [-0.05, 0) is 5.56 Å². The van der Waals surface area contributed by atoms with Crippen LogP contribution in [0.4, 0.5) is 0 Å². The minimum absolute atomic E-state index is 0.00295. The maximum Gasteiger partial charge on any atom is 0.234 e. The van der Waals surface area contributed by atoms with Crippen LogP contribution in [0.1, 0.15) is 5.56 Å². The molecule has 1 atom stereocenters. The Labute approximate surface area is 94.9 Å². The molecule has 1 amide bonds. The lowest BCUT2D eigenvalue weighted by atomic mass is 10.1. The lowest BCUT2D eigenvalue weighted by Gasteiger charge is -2.32. The fourth-order valence-corrected chi connectivity index (χ4v) is 1.96. The van der Waals surface area contributed by atoms with Crippen LogP contribution in [0.25, 0.3) is 0 Å². The Hall–Kier alpha value is -1.39. The van der Waals surface area contributed by atoms with Crippen molar-refractivity contribution in [1.29, 1.82) is 0 Å². The normalized spacial score (nSPS) is 21.8. The molecule has 2 rings (SSSR count). The lowest BCUT2D eigenvalue weighted by Crippen LogP contribution is -2.55. The molecule has 4 heteroatoms. The second-order valence-electron chi connectivity index (χ2n) is 4.10. The first-order chi connectivity index (χ1) is 7.78. The molecule has 1 unspecified atom stereocenters. The van der Waals surface area contributed by atoms with E-state index in [2.05, 4.69) is 10.2 Å². The number of nitrogens with one attached hydrogen (secondary N) is 1. The summed E-state index contributed by atoms with van der Waals surface area (Å²) in [4.78, 5) is 13.4. The summed E-state index contributed by atoms with van der Waals surface area (Å²) in [7, 11) is 0. The van der Waals surface area contributed by atoms with Gasteiger partial charge in [-0.25, -0.2) is 0 Å². The number of amides is 1. The van der Waals surface area contributed by atoms with Crippen molar-refractivity contribution in [1.82, 2.24) is 10.2 Å². The molecule has 0 saturated carbocycles. The number of piperazine rings is 1. The molecule has 1 aromatic carbocycles. The Kier molecular flexibility index (Phi) is 3.54. The third kappa shape index (κ3) is 2.81. The average molecular weight is 220 g/mol. The summed E-state index contributed by atoms with van der Waals surface area (Å²) >= 11 is 0. The van der Waals surface area contributed by atoms with E-state index in [1.165, 1.54) is 5.56 Å². The quantitative estimate of drug-likeness (QED) is 0.752. The maximum absolute atomic E-state index is 11.4. The Morgan fingerprint density at radius 3 is 2.81 bits per heavy atom. The van der Waals surface area contributed by atoms with E-state index in [0.717, 1.165) is 6.54 Å². The molecule has 1 saturated heterocycles. The summed E-state index contributed by atoms with van der Waals surface area (Å²) in [5.74, 6) is -0.0127.